The van der Waals surface area contributed by atoms with Crippen LogP contribution in [0, 0.1) is 6.92 Å². The van der Waals surface area contributed by atoms with Crippen LogP contribution in [-0.2, 0) is 16.1 Å². The van der Waals surface area contributed by atoms with Crippen LogP contribution in [0.4, 0.5) is 0 Å². The van der Waals surface area contributed by atoms with Crippen molar-refractivity contribution in [2.24, 2.45) is 5.10 Å². The van der Waals surface area contributed by atoms with Gasteiger partial charge < -0.3 is 5.32 Å². The first-order chi connectivity index (χ1) is 11.6. The number of amides is 2. The maximum Gasteiger partial charge on any atom is 0.240 e. The Morgan fingerprint density at radius 3 is 2.50 bits per heavy atom. The summed E-state index contributed by atoms with van der Waals surface area (Å²) in [7, 11) is 0. The second-order valence-electron chi connectivity index (χ2n) is 5.47. The van der Waals surface area contributed by atoms with Crippen molar-refractivity contribution in [3.05, 3.63) is 71.3 Å². The fraction of sp³-hybridized carbons (Fsp3) is 0.211. The number of hydrogen-bond acceptors (Lipinski definition) is 3. The van der Waals surface area contributed by atoms with E-state index in [1.54, 1.807) is 6.21 Å². The summed E-state index contributed by atoms with van der Waals surface area (Å²) >= 11 is 0. The van der Waals surface area contributed by atoms with Crippen molar-refractivity contribution in [3.8, 4) is 0 Å². The number of rotatable bonds is 7. The molecule has 0 saturated heterocycles. The fourth-order valence-electron chi connectivity index (χ4n) is 2.10. The predicted octanol–water partition coefficient (Wildman–Crippen LogP) is 2.54. The van der Waals surface area contributed by atoms with Crippen molar-refractivity contribution in [2.75, 3.05) is 0 Å². The van der Waals surface area contributed by atoms with Gasteiger partial charge in [-0.2, -0.15) is 5.10 Å². The highest BCUT2D eigenvalue weighted by atomic mass is 16.2. The lowest BCUT2D eigenvalue weighted by atomic mass is 10.2. The monoisotopic (exact) mass is 323 g/mol. The average molecular weight is 323 g/mol. The summed E-state index contributed by atoms with van der Waals surface area (Å²) in [6.45, 7) is 2.46. The van der Waals surface area contributed by atoms with E-state index in [4.69, 9.17) is 0 Å². The Bertz CT molecular complexity index is 712. The molecule has 0 spiro atoms. The van der Waals surface area contributed by atoms with Gasteiger partial charge in [0, 0.05) is 19.4 Å². The third-order valence-electron chi connectivity index (χ3n) is 3.36. The summed E-state index contributed by atoms with van der Waals surface area (Å²) in [5.74, 6) is -0.439. The van der Waals surface area contributed by atoms with E-state index in [0.29, 0.717) is 6.54 Å². The lowest BCUT2D eigenvalue weighted by molar-refractivity contribution is -0.126. The van der Waals surface area contributed by atoms with Crippen molar-refractivity contribution >= 4 is 18.0 Å². The van der Waals surface area contributed by atoms with Crippen LogP contribution in [0.25, 0.3) is 0 Å². The Kier molecular flexibility index (Phi) is 6.71. The van der Waals surface area contributed by atoms with E-state index in [0.717, 1.165) is 16.7 Å². The highest BCUT2D eigenvalue weighted by Crippen LogP contribution is 2.01. The highest BCUT2D eigenvalue weighted by molar-refractivity contribution is 5.85. The van der Waals surface area contributed by atoms with Gasteiger partial charge in [0.05, 0.1) is 6.21 Å². The van der Waals surface area contributed by atoms with Crippen molar-refractivity contribution in [1.82, 2.24) is 10.7 Å². The van der Waals surface area contributed by atoms with Gasteiger partial charge in [0.15, 0.2) is 0 Å². The summed E-state index contributed by atoms with van der Waals surface area (Å²) in [6, 6.07) is 17.4. The van der Waals surface area contributed by atoms with Gasteiger partial charge in [-0.05, 0) is 18.1 Å². The summed E-state index contributed by atoms with van der Waals surface area (Å²) < 4.78 is 0. The van der Waals surface area contributed by atoms with Crippen LogP contribution < -0.4 is 10.7 Å². The van der Waals surface area contributed by atoms with Crippen LogP contribution in [0.3, 0.4) is 0 Å². The van der Waals surface area contributed by atoms with Crippen molar-refractivity contribution in [2.45, 2.75) is 26.3 Å². The minimum absolute atomic E-state index is 0.103. The fourth-order valence-corrected chi connectivity index (χ4v) is 2.10. The third kappa shape index (κ3) is 6.44. The van der Waals surface area contributed by atoms with Gasteiger partial charge in [-0.15, -0.1) is 0 Å². The first-order valence-electron chi connectivity index (χ1n) is 7.82. The topological polar surface area (TPSA) is 70.6 Å². The molecule has 0 saturated carbocycles. The van der Waals surface area contributed by atoms with Crippen LogP contribution >= 0.6 is 0 Å². The molecule has 0 atom stereocenters. The standard InChI is InChI=1S/C19H21N3O2/c1-15-6-5-9-17(12-15)14-21-22-19(24)11-10-18(23)20-13-16-7-3-2-4-8-16/h2-9,12,14H,10-11,13H2,1H3,(H,20,23)(H,22,24)/b21-14+. The van der Waals surface area contributed by atoms with E-state index < -0.39 is 0 Å². The molecule has 0 heterocycles. The molecule has 0 fully saturated rings. The molecule has 2 N–H and O–H groups in total. The Labute approximate surface area is 141 Å². The van der Waals surface area contributed by atoms with Crippen LogP contribution in [0.2, 0.25) is 0 Å². The smallest absolute Gasteiger partial charge is 0.240 e. The molecule has 0 bridgehead atoms. The number of nitrogens with one attached hydrogen (secondary N) is 2. The Balaban J connectivity index is 1.66. The van der Waals surface area contributed by atoms with E-state index in [1.807, 2.05) is 61.5 Å². The van der Waals surface area contributed by atoms with Crippen LogP contribution in [0.15, 0.2) is 59.7 Å². The molecule has 5 heteroatoms. The second-order valence-corrected chi connectivity index (χ2v) is 5.47. The summed E-state index contributed by atoms with van der Waals surface area (Å²) in [4.78, 5) is 23.4. The van der Waals surface area contributed by atoms with Gasteiger partial charge in [-0.3, -0.25) is 9.59 Å². The number of hydrazone groups is 1. The van der Waals surface area contributed by atoms with Crippen LogP contribution in [0.5, 0.6) is 0 Å². The largest absolute Gasteiger partial charge is 0.352 e. The minimum Gasteiger partial charge on any atom is -0.352 e. The molecular formula is C19H21N3O2. The molecule has 2 aromatic rings. The van der Waals surface area contributed by atoms with Gasteiger partial charge >= 0.3 is 0 Å². The summed E-state index contributed by atoms with van der Waals surface area (Å²) in [6.07, 6.45) is 1.82. The maximum absolute atomic E-state index is 11.7. The molecule has 0 radical (unpaired) electrons. The Hall–Kier alpha value is -2.95. The molecule has 0 aliphatic heterocycles. The van der Waals surface area contributed by atoms with Gasteiger partial charge in [0.1, 0.15) is 0 Å². The molecule has 2 rings (SSSR count). The quantitative estimate of drug-likeness (QED) is 0.607. The number of hydrogen-bond donors (Lipinski definition) is 2. The van der Waals surface area contributed by atoms with Gasteiger partial charge in [0.25, 0.3) is 0 Å². The zero-order chi connectivity index (χ0) is 17.2. The van der Waals surface area contributed by atoms with E-state index in [9.17, 15) is 9.59 Å². The SMILES string of the molecule is Cc1cccc(/C=N/NC(=O)CCC(=O)NCc2ccccc2)c1. The zero-order valence-electron chi connectivity index (χ0n) is 13.7. The maximum atomic E-state index is 11.7. The number of benzene rings is 2. The number of carbonyl (C=O) groups is 2. The number of nitrogens with zero attached hydrogens (tertiary/aromatic N) is 1. The molecule has 0 aliphatic rings. The minimum atomic E-state index is -0.284. The molecule has 24 heavy (non-hydrogen) atoms. The van der Waals surface area contributed by atoms with E-state index in [1.165, 1.54) is 0 Å². The zero-order valence-corrected chi connectivity index (χ0v) is 13.7. The van der Waals surface area contributed by atoms with E-state index in [-0.39, 0.29) is 24.7 Å². The third-order valence-corrected chi connectivity index (χ3v) is 3.36. The molecule has 124 valence electrons. The lowest BCUT2D eigenvalue weighted by Gasteiger charge is -2.04. The number of aryl methyl sites for hydroxylation is 1. The summed E-state index contributed by atoms with van der Waals surface area (Å²) in [5.41, 5.74) is 5.49. The van der Waals surface area contributed by atoms with Crippen molar-refractivity contribution in [1.29, 1.82) is 0 Å². The molecule has 0 aromatic heterocycles. The van der Waals surface area contributed by atoms with E-state index in [2.05, 4.69) is 15.8 Å². The van der Waals surface area contributed by atoms with Gasteiger partial charge in [-0.1, -0.05) is 60.2 Å². The highest BCUT2D eigenvalue weighted by Gasteiger charge is 2.06. The normalized spacial score (nSPS) is 10.5. The predicted molar refractivity (Wildman–Crippen MR) is 94.4 cm³/mol. The van der Waals surface area contributed by atoms with Gasteiger partial charge in [-0.25, -0.2) is 5.43 Å². The van der Waals surface area contributed by atoms with Crippen molar-refractivity contribution in [3.63, 3.8) is 0 Å². The number of carbonyl (C=O) groups excluding carboxylic acids is 2. The van der Waals surface area contributed by atoms with Gasteiger partial charge in [0.2, 0.25) is 11.8 Å². The molecule has 0 unspecified atom stereocenters. The first-order valence-corrected chi connectivity index (χ1v) is 7.82. The second kappa shape index (κ2) is 9.25. The Morgan fingerprint density at radius 2 is 1.75 bits per heavy atom. The van der Waals surface area contributed by atoms with E-state index >= 15 is 0 Å². The van der Waals surface area contributed by atoms with Crippen LogP contribution in [-0.4, -0.2) is 18.0 Å². The average Bonchev–Trinajstić information content (AvgIpc) is 2.59. The Morgan fingerprint density at radius 1 is 1.00 bits per heavy atom. The molecule has 2 amide bonds. The van der Waals surface area contributed by atoms with Crippen LogP contribution in [0.1, 0.15) is 29.5 Å². The molecule has 5 nitrogen and oxygen atoms in total. The van der Waals surface area contributed by atoms with Crippen molar-refractivity contribution < 1.29 is 9.59 Å². The first kappa shape index (κ1) is 17.4. The molecule has 0 aliphatic carbocycles. The summed E-state index contributed by atoms with van der Waals surface area (Å²) in [5, 5.41) is 6.68. The lowest BCUT2D eigenvalue weighted by Crippen LogP contribution is -2.25. The molecule has 2 aromatic carbocycles. The molecular weight excluding hydrogens is 302 g/mol.